The van der Waals surface area contributed by atoms with Gasteiger partial charge in [0, 0.05) is 0 Å². The maximum absolute atomic E-state index is 5.27. The fourth-order valence-corrected chi connectivity index (χ4v) is 1.07. The van der Waals surface area contributed by atoms with Gasteiger partial charge >= 0.3 is 0 Å². The number of rotatable bonds is 7. The lowest BCUT2D eigenvalue weighted by Gasteiger charge is -1.90. The molecule has 2 nitrogen and oxygen atoms in total. The molecule has 0 aromatic carbocycles. The maximum Gasteiger partial charge on any atom is -0.00773 e. The van der Waals surface area contributed by atoms with Gasteiger partial charge in [-0.1, -0.05) is 65.7 Å². The summed E-state index contributed by atoms with van der Waals surface area (Å²) in [4.78, 5) is 0. The van der Waals surface area contributed by atoms with Gasteiger partial charge in [-0.3, -0.25) is 0 Å². The molecule has 0 aromatic rings. The highest BCUT2D eigenvalue weighted by Crippen LogP contribution is 1.95. The molecule has 0 aromatic heterocycles. The van der Waals surface area contributed by atoms with Crippen LogP contribution in [0.5, 0.6) is 0 Å². The van der Waals surface area contributed by atoms with Crippen LogP contribution in [-0.4, -0.2) is 6.54 Å². The van der Waals surface area contributed by atoms with Crippen LogP contribution in [0.15, 0.2) is 0 Å². The second-order valence-corrected chi connectivity index (χ2v) is 3.56. The van der Waals surface area contributed by atoms with E-state index in [4.69, 9.17) is 5.73 Å². The van der Waals surface area contributed by atoms with Crippen LogP contribution in [0.25, 0.3) is 0 Å². The van der Waals surface area contributed by atoms with Gasteiger partial charge in [-0.05, 0) is 13.0 Å². The molecule has 0 bridgehead atoms. The van der Waals surface area contributed by atoms with Gasteiger partial charge in [0.2, 0.25) is 0 Å². The van der Waals surface area contributed by atoms with Gasteiger partial charge < -0.3 is 11.9 Å². The molecular weight excluding hydrogens is 172 g/mol. The molecule has 0 aliphatic carbocycles. The van der Waals surface area contributed by atoms with Crippen molar-refractivity contribution in [1.29, 1.82) is 0 Å². The van der Waals surface area contributed by atoms with Gasteiger partial charge in [0.05, 0.1) is 0 Å². The van der Waals surface area contributed by atoms with Gasteiger partial charge in [-0.15, -0.1) is 0 Å². The Morgan fingerprint density at radius 1 is 0.643 bits per heavy atom. The molecule has 0 rings (SSSR count). The van der Waals surface area contributed by atoms with Crippen molar-refractivity contribution in [2.75, 3.05) is 6.54 Å². The molecule has 0 radical (unpaired) electrons. The SMILES string of the molecule is CCCCCC.CCCCCCN.N. The first-order chi connectivity index (χ1) is 6.33. The largest absolute Gasteiger partial charge is 0.344 e. The van der Waals surface area contributed by atoms with Crippen LogP contribution in [0, 0.1) is 0 Å². The Balaban J connectivity index is -0.000000163. The summed E-state index contributed by atoms with van der Waals surface area (Å²) in [5, 5.41) is 0. The van der Waals surface area contributed by atoms with Crippen LogP contribution in [0.1, 0.15) is 72.1 Å². The monoisotopic (exact) mass is 204 g/mol. The summed E-state index contributed by atoms with van der Waals surface area (Å²) in [6.45, 7) is 7.53. The molecule has 0 saturated heterocycles. The third-order valence-electron chi connectivity index (χ3n) is 2.01. The molecule has 0 saturated carbocycles. The normalized spacial score (nSPS) is 8.57. The van der Waals surface area contributed by atoms with Crippen molar-refractivity contribution in [3.8, 4) is 0 Å². The van der Waals surface area contributed by atoms with Crippen LogP contribution < -0.4 is 11.9 Å². The Labute approximate surface area is 91.2 Å². The van der Waals surface area contributed by atoms with Crippen LogP contribution in [-0.2, 0) is 0 Å². The molecule has 0 spiro atoms. The third kappa shape index (κ3) is 29.7. The van der Waals surface area contributed by atoms with Gasteiger partial charge in [0.25, 0.3) is 0 Å². The van der Waals surface area contributed by atoms with E-state index in [1.807, 2.05) is 0 Å². The first-order valence-electron chi connectivity index (χ1n) is 6.03. The number of hydrogen-bond donors (Lipinski definition) is 2. The van der Waals surface area contributed by atoms with E-state index in [2.05, 4.69) is 20.8 Å². The van der Waals surface area contributed by atoms with Crippen molar-refractivity contribution in [1.82, 2.24) is 6.15 Å². The smallest absolute Gasteiger partial charge is 0.00773 e. The van der Waals surface area contributed by atoms with Crippen LogP contribution in [0.2, 0.25) is 0 Å². The van der Waals surface area contributed by atoms with E-state index >= 15 is 0 Å². The fourth-order valence-electron chi connectivity index (χ4n) is 1.07. The first-order valence-corrected chi connectivity index (χ1v) is 6.03. The quantitative estimate of drug-likeness (QED) is 0.608. The predicted octanol–water partition coefficient (Wildman–Crippen LogP) is 4.27. The zero-order chi connectivity index (χ0) is 10.4. The zero-order valence-corrected chi connectivity index (χ0v) is 10.6. The van der Waals surface area contributed by atoms with E-state index < -0.39 is 0 Å². The topological polar surface area (TPSA) is 61.0 Å². The number of hydrogen-bond acceptors (Lipinski definition) is 2. The lowest BCUT2D eigenvalue weighted by atomic mass is 10.2. The Bertz CT molecular complexity index is 57.3. The van der Waals surface area contributed by atoms with E-state index in [0.717, 1.165) is 6.54 Å². The van der Waals surface area contributed by atoms with Gasteiger partial charge in [0.15, 0.2) is 0 Å². The lowest BCUT2D eigenvalue weighted by molar-refractivity contribution is 0.674. The minimum absolute atomic E-state index is 0. The standard InChI is InChI=1S/C6H15N.C6H14.H3N/c1-2-3-4-5-6-7;1-3-5-6-4-2;/h2-7H2,1H3;3-6H2,1-2H3;1H3. The predicted molar refractivity (Wildman–Crippen MR) is 68.0 cm³/mol. The summed E-state index contributed by atoms with van der Waals surface area (Å²) in [5.41, 5.74) is 5.27. The number of unbranched alkanes of at least 4 members (excludes halogenated alkanes) is 6. The second kappa shape index (κ2) is 23.1. The summed E-state index contributed by atoms with van der Waals surface area (Å²) in [6, 6.07) is 0. The molecule has 0 atom stereocenters. The van der Waals surface area contributed by atoms with E-state index in [-0.39, 0.29) is 6.15 Å². The van der Waals surface area contributed by atoms with E-state index in [9.17, 15) is 0 Å². The summed E-state index contributed by atoms with van der Waals surface area (Å²) < 4.78 is 0. The third-order valence-corrected chi connectivity index (χ3v) is 2.01. The minimum Gasteiger partial charge on any atom is -0.344 e. The summed E-state index contributed by atoms with van der Waals surface area (Å²) in [6.07, 6.45) is 10.7. The highest BCUT2D eigenvalue weighted by molar-refractivity contribution is 4.38. The fraction of sp³-hybridized carbons (Fsp3) is 1.00. The Morgan fingerprint density at radius 2 is 1.00 bits per heavy atom. The van der Waals surface area contributed by atoms with Gasteiger partial charge in [-0.25, -0.2) is 0 Å². The van der Waals surface area contributed by atoms with Crippen LogP contribution in [0.3, 0.4) is 0 Å². The molecule has 0 amide bonds. The zero-order valence-electron chi connectivity index (χ0n) is 10.6. The van der Waals surface area contributed by atoms with E-state index in [1.165, 1.54) is 51.4 Å². The van der Waals surface area contributed by atoms with Crippen molar-refractivity contribution in [2.45, 2.75) is 72.1 Å². The van der Waals surface area contributed by atoms with Crippen LogP contribution in [0.4, 0.5) is 0 Å². The van der Waals surface area contributed by atoms with Crippen molar-refractivity contribution >= 4 is 0 Å². The second-order valence-electron chi connectivity index (χ2n) is 3.56. The molecule has 0 aliphatic rings. The maximum atomic E-state index is 5.27. The average molecular weight is 204 g/mol. The molecular formula is C12H32N2. The lowest BCUT2D eigenvalue weighted by Crippen LogP contribution is -1.97. The highest BCUT2D eigenvalue weighted by Gasteiger charge is 1.80. The van der Waals surface area contributed by atoms with Crippen molar-refractivity contribution in [3.05, 3.63) is 0 Å². The van der Waals surface area contributed by atoms with Crippen molar-refractivity contribution in [3.63, 3.8) is 0 Å². The van der Waals surface area contributed by atoms with Crippen molar-refractivity contribution < 1.29 is 0 Å². The first kappa shape index (κ1) is 19.5. The summed E-state index contributed by atoms with van der Waals surface area (Å²) in [7, 11) is 0. The summed E-state index contributed by atoms with van der Waals surface area (Å²) in [5.74, 6) is 0. The molecule has 0 heterocycles. The molecule has 90 valence electrons. The minimum atomic E-state index is 0. The van der Waals surface area contributed by atoms with Crippen LogP contribution >= 0.6 is 0 Å². The average Bonchev–Trinajstić information content (AvgIpc) is 2.17. The van der Waals surface area contributed by atoms with E-state index in [0.29, 0.717) is 0 Å². The Hall–Kier alpha value is -0.0800. The van der Waals surface area contributed by atoms with E-state index in [1.54, 1.807) is 0 Å². The Kier molecular flexibility index (Phi) is 32.1. The molecule has 0 aliphatic heterocycles. The molecule has 14 heavy (non-hydrogen) atoms. The Morgan fingerprint density at radius 3 is 1.29 bits per heavy atom. The number of nitrogens with two attached hydrogens (primary N) is 1. The van der Waals surface area contributed by atoms with Crippen molar-refractivity contribution in [2.24, 2.45) is 5.73 Å². The molecule has 0 unspecified atom stereocenters. The summed E-state index contributed by atoms with van der Waals surface area (Å²) >= 11 is 0. The highest BCUT2D eigenvalue weighted by atomic mass is 14.5. The van der Waals surface area contributed by atoms with Gasteiger partial charge in [-0.2, -0.15) is 0 Å². The molecule has 2 heteroatoms. The molecule has 0 fully saturated rings. The molecule has 5 N–H and O–H groups in total. The van der Waals surface area contributed by atoms with Gasteiger partial charge in [0.1, 0.15) is 0 Å².